The zero-order valence-corrected chi connectivity index (χ0v) is 21.5. The maximum Gasteiger partial charge on any atom is 0.138 e. The number of para-hydroxylation sites is 3. The van der Waals surface area contributed by atoms with Crippen LogP contribution in [0.3, 0.4) is 0 Å². The summed E-state index contributed by atoms with van der Waals surface area (Å²) in [5.74, 6) is 0.893. The number of hydrogen-bond donors (Lipinski definition) is 0. The molecular formula is C36H22N4. The zero-order chi connectivity index (χ0) is 26.2. The standard InChI is InChI=1S/C36H22N4/c1-4-12-30-24(8-1)20-33-29-16-15-27-26-10-2-5-13-31(26)40(34-21-23(17-19-38-34)25-9-7-18-37-22-25)36(27)35(29)28-11-3-6-14-32(28)39(30)33/h1-22H. The number of benzene rings is 4. The first-order chi connectivity index (χ1) is 19.9. The summed E-state index contributed by atoms with van der Waals surface area (Å²) in [4.78, 5) is 9.27. The van der Waals surface area contributed by atoms with Crippen molar-refractivity contribution in [3.63, 3.8) is 0 Å². The van der Waals surface area contributed by atoms with Crippen molar-refractivity contribution in [3.8, 4) is 16.9 Å². The van der Waals surface area contributed by atoms with Crippen LogP contribution in [0.4, 0.5) is 0 Å². The van der Waals surface area contributed by atoms with E-state index in [1.165, 1.54) is 54.4 Å². The van der Waals surface area contributed by atoms with Gasteiger partial charge < -0.3 is 4.40 Å². The van der Waals surface area contributed by atoms with Gasteiger partial charge in [-0.25, -0.2) is 4.98 Å². The number of nitrogens with zero attached hydrogens (tertiary/aromatic N) is 4. The van der Waals surface area contributed by atoms with Gasteiger partial charge in [-0.15, -0.1) is 0 Å². The van der Waals surface area contributed by atoms with Crippen molar-refractivity contribution in [1.82, 2.24) is 18.9 Å². The van der Waals surface area contributed by atoms with E-state index in [0.29, 0.717) is 0 Å². The van der Waals surface area contributed by atoms with Crippen molar-refractivity contribution in [1.29, 1.82) is 0 Å². The van der Waals surface area contributed by atoms with Gasteiger partial charge >= 0.3 is 0 Å². The molecule has 4 aromatic carbocycles. The molecule has 0 fully saturated rings. The van der Waals surface area contributed by atoms with E-state index in [9.17, 15) is 0 Å². The second-order valence-electron chi connectivity index (χ2n) is 10.3. The Labute approximate surface area is 229 Å². The van der Waals surface area contributed by atoms with Crippen molar-refractivity contribution < 1.29 is 0 Å². The lowest BCUT2D eigenvalue weighted by atomic mass is 10.0. The molecule has 0 aliphatic carbocycles. The first-order valence-electron chi connectivity index (χ1n) is 13.5. The van der Waals surface area contributed by atoms with E-state index < -0.39 is 0 Å². The lowest BCUT2D eigenvalue weighted by molar-refractivity contribution is 1.08. The minimum Gasteiger partial charge on any atom is -0.309 e. The first-order valence-corrected chi connectivity index (χ1v) is 13.5. The van der Waals surface area contributed by atoms with Gasteiger partial charge in [0.25, 0.3) is 0 Å². The number of rotatable bonds is 2. The summed E-state index contributed by atoms with van der Waals surface area (Å²) in [5.41, 5.74) is 8.13. The van der Waals surface area contributed by atoms with E-state index in [2.05, 4.69) is 123 Å². The molecule has 4 heteroatoms. The Kier molecular flexibility index (Phi) is 4.30. The topological polar surface area (TPSA) is 35.1 Å². The van der Waals surface area contributed by atoms with Gasteiger partial charge in [-0.1, -0.05) is 72.8 Å². The highest BCUT2D eigenvalue weighted by Gasteiger charge is 2.20. The molecule has 0 spiro atoms. The lowest BCUT2D eigenvalue weighted by Gasteiger charge is -2.14. The molecule has 186 valence electrons. The molecular weight excluding hydrogens is 488 g/mol. The largest absolute Gasteiger partial charge is 0.309 e. The van der Waals surface area contributed by atoms with Crippen LogP contribution in [0, 0.1) is 0 Å². The molecule has 9 rings (SSSR count). The van der Waals surface area contributed by atoms with Crippen molar-refractivity contribution >= 4 is 59.9 Å². The van der Waals surface area contributed by atoms with Crippen molar-refractivity contribution in [2.75, 3.05) is 0 Å². The molecule has 40 heavy (non-hydrogen) atoms. The van der Waals surface area contributed by atoms with Crippen LogP contribution < -0.4 is 0 Å². The third-order valence-electron chi connectivity index (χ3n) is 8.21. The fourth-order valence-electron chi connectivity index (χ4n) is 6.53. The van der Waals surface area contributed by atoms with Gasteiger partial charge in [0.1, 0.15) is 5.82 Å². The Morgan fingerprint density at radius 2 is 1.25 bits per heavy atom. The Morgan fingerprint density at radius 1 is 0.500 bits per heavy atom. The van der Waals surface area contributed by atoms with Gasteiger partial charge in [-0.2, -0.15) is 0 Å². The molecule has 0 atom stereocenters. The molecule has 5 aromatic heterocycles. The Balaban J connectivity index is 1.51. The van der Waals surface area contributed by atoms with Crippen LogP contribution in [0.2, 0.25) is 0 Å². The molecule has 0 amide bonds. The van der Waals surface area contributed by atoms with E-state index >= 15 is 0 Å². The van der Waals surface area contributed by atoms with E-state index in [0.717, 1.165) is 22.5 Å². The third-order valence-corrected chi connectivity index (χ3v) is 8.21. The molecule has 0 unspecified atom stereocenters. The van der Waals surface area contributed by atoms with Crippen LogP contribution >= 0.6 is 0 Å². The van der Waals surface area contributed by atoms with Crippen molar-refractivity contribution in [2.24, 2.45) is 0 Å². The normalized spacial score (nSPS) is 12.0. The minimum atomic E-state index is 0.893. The summed E-state index contributed by atoms with van der Waals surface area (Å²) in [6, 6.07) is 41.3. The molecule has 0 saturated heterocycles. The van der Waals surface area contributed by atoms with Crippen LogP contribution in [-0.4, -0.2) is 18.9 Å². The molecule has 0 bridgehead atoms. The second kappa shape index (κ2) is 8.01. The van der Waals surface area contributed by atoms with E-state index in [-0.39, 0.29) is 0 Å². The molecule has 0 N–H and O–H groups in total. The molecule has 4 nitrogen and oxygen atoms in total. The van der Waals surface area contributed by atoms with Crippen molar-refractivity contribution in [2.45, 2.75) is 0 Å². The van der Waals surface area contributed by atoms with Gasteiger partial charge in [0.05, 0.1) is 27.6 Å². The molecule has 0 radical (unpaired) electrons. The van der Waals surface area contributed by atoms with E-state index in [4.69, 9.17) is 4.98 Å². The molecule has 0 saturated carbocycles. The van der Waals surface area contributed by atoms with Gasteiger partial charge in [0, 0.05) is 56.5 Å². The van der Waals surface area contributed by atoms with Gasteiger partial charge in [-0.3, -0.25) is 9.55 Å². The number of pyridine rings is 3. The predicted molar refractivity (Wildman–Crippen MR) is 165 cm³/mol. The van der Waals surface area contributed by atoms with Gasteiger partial charge in [-0.05, 0) is 48.0 Å². The van der Waals surface area contributed by atoms with Crippen LogP contribution in [-0.2, 0) is 0 Å². The fourth-order valence-corrected chi connectivity index (χ4v) is 6.53. The van der Waals surface area contributed by atoms with Gasteiger partial charge in [0.15, 0.2) is 0 Å². The first kappa shape index (κ1) is 21.5. The maximum atomic E-state index is 4.93. The SMILES string of the molecule is c1cncc(-c2ccnc(-n3c4ccccc4c4ccc5c(c6ccccc6n6c7ccccc7cc56)c43)c2)c1. The number of aromatic nitrogens is 4. The lowest BCUT2D eigenvalue weighted by Crippen LogP contribution is -1.99. The average molecular weight is 511 g/mol. The van der Waals surface area contributed by atoms with Crippen molar-refractivity contribution in [3.05, 3.63) is 134 Å². The Morgan fingerprint density at radius 3 is 2.12 bits per heavy atom. The quantitative estimate of drug-likeness (QED) is 0.218. The predicted octanol–water partition coefficient (Wildman–Crippen LogP) is 8.95. The highest BCUT2D eigenvalue weighted by molar-refractivity contribution is 6.28. The average Bonchev–Trinajstić information content (AvgIpc) is 3.58. The number of fused-ring (bicyclic) bond motifs is 12. The summed E-state index contributed by atoms with van der Waals surface area (Å²) in [5, 5.41) is 7.39. The summed E-state index contributed by atoms with van der Waals surface area (Å²) in [6.45, 7) is 0. The van der Waals surface area contributed by atoms with Crippen LogP contribution in [0.1, 0.15) is 0 Å². The molecule has 5 heterocycles. The van der Waals surface area contributed by atoms with Crippen LogP contribution in [0.25, 0.3) is 76.8 Å². The minimum absolute atomic E-state index is 0.893. The zero-order valence-electron chi connectivity index (χ0n) is 21.5. The third kappa shape index (κ3) is 2.85. The molecule has 0 aliphatic heterocycles. The fraction of sp³-hybridized carbons (Fsp3) is 0. The highest BCUT2D eigenvalue weighted by Crippen LogP contribution is 2.42. The van der Waals surface area contributed by atoms with E-state index in [1.54, 1.807) is 0 Å². The Hall–Kier alpha value is -5.48. The maximum absolute atomic E-state index is 4.93. The monoisotopic (exact) mass is 510 g/mol. The summed E-state index contributed by atoms with van der Waals surface area (Å²) < 4.78 is 4.76. The smallest absolute Gasteiger partial charge is 0.138 e. The highest BCUT2D eigenvalue weighted by atomic mass is 15.1. The summed E-state index contributed by atoms with van der Waals surface area (Å²) in [7, 11) is 0. The summed E-state index contributed by atoms with van der Waals surface area (Å²) >= 11 is 0. The molecule has 0 aliphatic rings. The van der Waals surface area contributed by atoms with Crippen LogP contribution in [0.15, 0.2) is 134 Å². The van der Waals surface area contributed by atoms with Crippen LogP contribution in [0.5, 0.6) is 0 Å². The molecule has 9 aromatic rings. The number of hydrogen-bond acceptors (Lipinski definition) is 2. The van der Waals surface area contributed by atoms with E-state index in [1.807, 2.05) is 24.7 Å². The Bertz CT molecular complexity index is 2430. The summed E-state index contributed by atoms with van der Waals surface area (Å²) in [6.07, 6.45) is 5.61. The second-order valence-corrected chi connectivity index (χ2v) is 10.3. The van der Waals surface area contributed by atoms with Gasteiger partial charge in [0.2, 0.25) is 0 Å².